The van der Waals surface area contributed by atoms with E-state index in [1.54, 1.807) is 0 Å². The number of piperidine rings is 2. The Balaban J connectivity index is 1.65. The van der Waals surface area contributed by atoms with Crippen LogP contribution in [0.4, 0.5) is 4.79 Å². The molecule has 7 heteroatoms. The number of aliphatic hydroxyl groups excluding tert-OH is 1. The maximum atomic E-state index is 12.1. The van der Waals surface area contributed by atoms with Crippen molar-refractivity contribution >= 4 is 14.4 Å². The molecule has 2 aliphatic heterocycles. The molecule has 4 fully saturated rings. The quantitative estimate of drug-likeness (QED) is 0.748. The molecule has 4 rings (SSSR count). The number of carbonyl (C=O) groups excluding carboxylic acids is 1. The Labute approximate surface area is 152 Å². The smallest absolute Gasteiger partial charge is 0.422 e. The molecule has 25 heavy (non-hydrogen) atoms. The first-order chi connectivity index (χ1) is 11.2. The number of hydrogen-bond acceptors (Lipinski definition) is 5. The van der Waals surface area contributed by atoms with Gasteiger partial charge in [0.2, 0.25) is 0 Å². The van der Waals surface area contributed by atoms with Crippen LogP contribution in [0.15, 0.2) is 0 Å². The van der Waals surface area contributed by atoms with E-state index < -0.39 is 20.0 Å². The summed E-state index contributed by atoms with van der Waals surface area (Å²) in [5.74, 6) is 0.521. The predicted octanol–water partition coefficient (Wildman–Crippen LogP) is 2.88. The largest absolute Gasteiger partial charge is 0.443 e. The van der Waals surface area contributed by atoms with Crippen LogP contribution < -0.4 is 5.43 Å². The van der Waals surface area contributed by atoms with Crippen molar-refractivity contribution in [3.63, 3.8) is 0 Å². The third-order valence-corrected chi connectivity index (χ3v) is 10.8. The van der Waals surface area contributed by atoms with Crippen molar-refractivity contribution in [3.8, 4) is 0 Å². The van der Waals surface area contributed by atoms with Gasteiger partial charge < -0.3 is 14.3 Å². The van der Waals surface area contributed by atoms with Crippen LogP contribution in [0.2, 0.25) is 18.1 Å². The number of hydrogen-bond donors (Lipinski definition) is 2. The van der Waals surface area contributed by atoms with Crippen LogP contribution in [-0.2, 0) is 9.16 Å². The Bertz CT molecular complexity index is 554. The van der Waals surface area contributed by atoms with E-state index in [0.29, 0.717) is 5.92 Å². The zero-order valence-corrected chi connectivity index (χ0v) is 17.8. The number of ether oxygens (including phenoxy) is 1. The molecule has 0 aromatic heterocycles. The van der Waals surface area contributed by atoms with Crippen LogP contribution in [-0.4, -0.2) is 54.4 Å². The number of carbonyl (C=O) groups is 1. The Hall–Kier alpha value is -0.633. The van der Waals surface area contributed by atoms with Crippen molar-refractivity contribution in [3.05, 3.63) is 0 Å². The van der Waals surface area contributed by atoms with Crippen LogP contribution in [0, 0.1) is 11.8 Å². The predicted molar refractivity (Wildman–Crippen MR) is 98.5 cm³/mol. The standard InChI is InChI=1S/C18H34N2O4Si/c1-17(2,3)23-16(22)19-20-10-9-11(12-13(14(12)20)15(10)21)24-25(7,8)18(4,5)6/h10-15,21H,9H2,1-8H3,(H,19,22). The van der Waals surface area contributed by atoms with Gasteiger partial charge in [-0.3, -0.25) is 5.43 Å². The zero-order chi connectivity index (χ0) is 18.9. The van der Waals surface area contributed by atoms with Gasteiger partial charge in [-0.15, -0.1) is 0 Å². The maximum Gasteiger partial charge on any atom is 0.422 e. The lowest BCUT2D eigenvalue weighted by atomic mass is 9.90. The highest BCUT2D eigenvalue weighted by atomic mass is 28.4. The third-order valence-electron chi connectivity index (χ3n) is 6.33. The van der Waals surface area contributed by atoms with Crippen molar-refractivity contribution in [2.24, 2.45) is 11.8 Å². The first-order valence-corrected chi connectivity index (χ1v) is 12.3. The second-order valence-electron chi connectivity index (χ2n) is 10.4. The number of aliphatic hydroxyl groups is 1. The molecule has 2 N–H and O–H groups in total. The summed E-state index contributed by atoms with van der Waals surface area (Å²) in [5.41, 5.74) is 2.34. The molecule has 6 atom stereocenters. The Morgan fingerprint density at radius 2 is 1.76 bits per heavy atom. The highest BCUT2D eigenvalue weighted by Gasteiger charge is 2.73. The molecule has 2 saturated heterocycles. The number of rotatable bonds is 3. The van der Waals surface area contributed by atoms with E-state index in [4.69, 9.17) is 9.16 Å². The van der Waals surface area contributed by atoms with E-state index in [1.165, 1.54) is 0 Å². The number of amides is 1. The van der Waals surface area contributed by atoms with E-state index in [2.05, 4.69) is 39.3 Å². The lowest BCUT2D eigenvalue weighted by Gasteiger charge is -2.45. The Kier molecular flexibility index (Phi) is 4.35. The molecular formula is C18H34N2O4Si. The van der Waals surface area contributed by atoms with Crippen LogP contribution in [0.3, 0.4) is 0 Å². The second kappa shape index (κ2) is 5.68. The first-order valence-electron chi connectivity index (χ1n) is 9.37. The number of hydrazine groups is 1. The summed E-state index contributed by atoms with van der Waals surface area (Å²) in [6, 6.07) is 0.0957. The molecule has 0 aromatic carbocycles. The summed E-state index contributed by atoms with van der Waals surface area (Å²) in [4.78, 5) is 12.1. The van der Waals surface area contributed by atoms with Gasteiger partial charge in [-0.05, 0) is 45.3 Å². The van der Waals surface area contributed by atoms with Gasteiger partial charge in [-0.2, -0.15) is 0 Å². The first kappa shape index (κ1) is 19.1. The summed E-state index contributed by atoms with van der Waals surface area (Å²) in [7, 11) is -1.84. The van der Waals surface area contributed by atoms with Crippen molar-refractivity contribution in [1.82, 2.24) is 10.4 Å². The van der Waals surface area contributed by atoms with Gasteiger partial charge in [0.1, 0.15) is 5.60 Å². The van der Waals surface area contributed by atoms with Crippen molar-refractivity contribution in [2.45, 2.75) is 96.0 Å². The minimum atomic E-state index is -1.84. The molecule has 144 valence electrons. The van der Waals surface area contributed by atoms with Crippen molar-refractivity contribution in [2.75, 3.05) is 0 Å². The molecule has 6 unspecified atom stereocenters. The molecule has 4 bridgehead atoms. The Morgan fingerprint density at radius 3 is 2.24 bits per heavy atom. The third kappa shape index (κ3) is 3.36. The zero-order valence-electron chi connectivity index (χ0n) is 16.8. The lowest BCUT2D eigenvalue weighted by molar-refractivity contribution is -0.0500. The Morgan fingerprint density at radius 1 is 1.16 bits per heavy atom. The molecule has 0 spiro atoms. The van der Waals surface area contributed by atoms with Crippen LogP contribution in [0.5, 0.6) is 0 Å². The minimum Gasteiger partial charge on any atom is -0.443 e. The number of nitrogens with one attached hydrogen (secondary N) is 1. The minimum absolute atomic E-state index is 0.0812. The van der Waals surface area contributed by atoms with E-state index in [0.717, 1.165) is 6.42 Å². The summed E-state index contributed by atoms with van der Waals surface area (Å²) in [6.07, 6.45) is 0.131. The average Bonchev–Trinajstić information content (AvgIpc) is 3.07. The topological polar surface area (TPSA) is 71.0 Å². The van der Waals surface area contributed by atoms with Gasteiger partial charge in [0.15, 0.2) is 8.32 Å². The van der Waals surface area contributed by atoms with Crippen LogP contribution >= 0.6 is 0 Å². The molecule has 6 nitrogen and oxygen atoms in total. The molecular weight excluding hydrogens is 336 g/mol. The summed E-state index contributed by atoms with van der Waals surface area (Å²) in [6.45, 7) is 16.8. The highest BCUT2D eigenvalue weighted by Crippen LogP contribution is 2.61. The van der Waals surface area contributed by atoms with Gasteiger partial charge in [0.05, 0.1) is 18.2 Å². The van der Waals surface area contributed by atoms with Crippen LogP contribution in [0.25, 0.3) is 0 Å². The molecule has 1 amide bonds. The number of nitrogens with zero attached hydrogens (tertiary/aromatic N) is 1. The highest BCUT2D eigenvalue weighted by molar-refractivity contribution is 6.74. The average molecular weight is 371 g/mol. The van der Waals surface area contributed by atoms with Crippen molar-refractivity contribution in [1.29, 1.82) is 0 Å². The van der Waals surface area contributed by atoms with Crippen molar-refractivity contribution < 1.29 is 19.1 Å². The number of fused-ring (bicyclic) bond motifs is 1. The van der Waals surface area contributed by atoms with Gasteiger partial charge >= 0.3 is 6.09 Å². The van der Waals surface area contributed by atoms with Crippen LogP contribution in [0.1, 0.15) is 48.0 Å². The summed E-state index contributed by atoms with van der Waals surface area (Å²) < 4.78 is 12.0. The molecule has 2 aliphatic carbocycles. The normalized spacial score (nSPS) is 37.8. The fourth-order valence-corrected chi connectivity index (χ4v) is 5.51. The van der Waals surface area contributed by atoms with E-state index >= 15 is 0 Å². The maximum absolute atomic E-state index is 12.1. The lowest BCUT2D eigenvalue weighted by Crippen LogP contribution is -2.59. The fraction of sp³-hybridized carbons (Fsp3) is 0.944. The van der Waals surface area contributed by atoms with E-state index in [-0.39, 0.29) is 35.2 Å². The molecule has 2 saturated carbocycles. The van der Waals surface area contributed by atoms with Gasteiger partial charge in [-0.25, -0.2) is 9.80 Å². The molecule has 0 radical (unpaired) electrons. The SMILES string of the molecule is CC(C)(C)OC(=O)NN1C2CC(O[Si](C)(C)C(C)(C)C)C3C(C2O)C31. The molecule has 0 aromatic rings. The fourth-order valence-electron chi connectivity index (χ4n) is 4.15. The molecule has 4 aliphatic rings. The summed E-state index contributed by atoms with van der Waals surface area (Å²) in [5, 5.41) is 12.6. The van der Waals surface area contributed by atoms with Gasteiger partial charge in [0.25, 0.3) is 0 Å². The monoisotopic (exact) mass is 370 g/mol. The van der Waals surface area contributed by atoms with E-state index in [9.17, 15) is 9.90 Å². The summed E-state index contributed by atoms with van der Waals surface area (Å²) >= 11 is 0. The molecule has 2 heterocycles. The second-order valence-corrected chi connectivity index (χ2v) is 15.1. The van der Waals surface area contributed by atoms with E-state index in [1.807, 2.05) is 25.8 Å². The van der Waals surface area contributed by atoms with Gasteiger partial charge in [0, 0.05) is 17.9 Å². The van der Waals surface area contributed by atoms with Gasteiger partial charge in [-0.1, -0.05) is 20.8 Å².